The summed E-state index contributed by atoms with van der Waals surface area (Å²) in [5, 5.41) is 4.18. The fourth-order valence-corrected chi connectivity index (χ4v) is 4.45. The Balaban J connectivity index is 2.04. The molecule has 1 amide bonds. The number of carbonyl (C=O) groups is 1. The Morgan fingerprint density at radius 2 is 1.89 bits per heavy atom. The summed E-state index contributed by atoms with van der Waals surface area (Å²) in [5.41, 5.74) is 12.2. The number of primary amides is 1. The minimum Gasteiger partial charge on any atom is -0.366 e. The number of aryl methyl sites for hydroxylation is 1. The van der Waals surface area contributed by atoms with Gasteiger partial charge in [-0.25, -0.2) is 0 Å². The van der Waals surface area contributed by atoms with Crippen molar-refractivity contribution in [1.29, 1.82) is 0 Å². The molecule has 0 bridgehead atoms. The molecular weight excluding hydrogens is 352 g/mol. The third-order valence-corrected chi connectivity index (χ3v) is 5.85. The number of amides is 1. The molecule has 0 aliphatic carbocycles. The molecule has 3 aromatic rings. The van der Waals surface area contributed by atoms with Crippen molar-refractivity contribution in [3.8, 4) is 11.1 Å². The highest BCUT2D eigenvalue weighted by atomic mass is 32.1. The fourth-order valence-electron chi connectivity index (χ4n) is 3.81. The lowest BCUT2D eigenvalue weighted by Crippen LogP contribution is -2.13. The molecule has 0 atom stereocenters. The molecule has 142 valence electrons. The molecule has 0 saturated heterocycles. The van der Waals surface area contributed by atoms with Crippen molar-refractivity contribution in [2.24, 2.45) is 5.73 Å². The largest absolute Gasteiger partial charge is 0.366 e. The van der Waals surface area contributed by atoms with Gasteiger partial charge in [0.2, 0.25) is 0 Å². The zero-order valence-electron chi connectivity index (χ0n) is 16.2. The first-order valence-corrected chi connectivity index (χ1v) is 10.7. The monoisotopic (exact) mass is 380 g/mol. The van der Waals surface area contributed by atoms with Gasteiger partial charge in [0.15, 0.2) is 0 Å². The van der Waals surface area contributed by atoms with Crippen LogP contribution >= 0.6 is 11.3 Å². The summed E-state index contributed by atoms with van der Waals surface area (Å²) < 4.78 is 2.33. The van der Waals surface area contributed by atoms with Gasteiger partial charge >= 0.3 is 0 Å². The van der Waals surface area contributed by atoms with E-state index in [0.717, 1.165) is 42.6 Å². The third-order valence-electron chi connectivity index (χ3n) is 5.17. The summed E-state index contributed by atoms with van der Waals surface area (Å²) >= 11 is 1.66. The van der Waals surface area contributed by atoms with E-state index in [0.29, 0.717) is 5.56 Å². The van der Waals surface area contributed by atoms with Crippen LogP contribution in [0.2, 0.25) is 0 Å². The third kappa shape index (κ3) is 4.33. The second kappa shape index (κ2) is 9.05. The Labute approximate surface area is 165 Å². The molecule has 2 N–H and O–H groups in total. The normalized spacial score (nSPS) is 11.0. The molecule has 0 radical (unpaired) electrons. The lowest BCUT2D eigenvalue weighted by atomic mass is 9.99. The quantitative estimate of drug-likeness (QED) is 0.483. The topological polar surface area (TPSA) is 48.0 Å². The Bertz CT molecular complexity index is 879. The predicted octanol–water partition coefficient (Wildman–Crippen LogP) is 5.60. The SMILES string of the molecule is CCCCCc1c(-c2ccsc2)c(C(N)=O)c(C)n1CCc1ccccc1. The molecular formula is C23H28N2OS. The van der Waals surface area contributed by atoms with Crippen molar-refractivity contribution in [2.45, 2.75) is 52.5 Å². The lowest BCUT2D eigenvalue weighted by molar-refractivity contribution is 0.1000. The van der Waals surface area contributed by atoms with Crippen molar-refractivity contribution >= 4 is 17.2 Å². The van der Waals surface area contributed by atoms with Gasteiger partial charge in [0, 0.05) is 23.5 Å². The zero-order chi connectivity index (χ0) is 19.2. The summed E-state index contributed by atoms with van der Waals surface area (Å²) in [6.45, 7) is 5.11. The van der Waals surface area contributed by atoms with Crippen molar-refractivity contribution in [3.63, 3.8) is 0 Å². The minimum atomic E-state index is -0.330. The molecule has 0 aliphatic rings. The average molecular weight is 381 g/mol. The van der Waals surface area contributed by atoms with Crippen LogP contribution in [0.15, 0.2) is 47.2 Å². The van der Waals surface area contributed by atoms with Gasteiger partial charge in [-0.05, 0) is 54.1 Å². The lowest BCUT2D eigenvalue weighted by Gasteiger charge is -2.13. The number of thiophene rings is 1. The van der Waals surface area contributed by atoms with E-state index in [4.69, 9.17) is 5.73 Å². The molecule has 4 heteroatoms. The van der Waals surface area contributed by atoms with Gasteiger partial charge in [-0.15, -0.1) is 0 Å². The number of hydrogen-bond donors (Lipinski definition) is 1. The smallest absolute Gasteiger partial charge is 0.251 e. The van der Waals surface area contributed by atoms with Gasteiger partial charge in [-0.1, -0.05) is 50.1 Å². The Hall–Kier alpha value is -2.33. The second-order valence-corrected chi connectivity index (χ2v) is 7.78. The van der Waals surface area contributed by atoms with Gasteiger partial charge < -0.3 is 10.3 Å². The van der Waals surface area contributed by atoms with Crippen LogP contribution in [0.25, 0.3) is 11.1 Å². The molecule has 0 saturated carbocycles. The van der Waals surface area contributed by atoms with Crippen LogP contribution in [-0.4, -0.2) is 10.5 Å². The van der Waals surface area contributed by atoms with E-state index in [1.165, 1.54) is 24.1 Å². The second-order valence-electron chi connectivity index (χ2n) is 7.00. The molecule has 1 aromatic carbocycles. The van der Waals surface area contributed by atoms with Crippen LogP contribution in [0.3, 0.4) is 0 Å². The summed E-state index contributed by atoms with van der Waals surface area (Å²) in [6, 6.07) is 12.6. The molecule has 0 fully saturated rings. The van der Waals surface area contributed by atoms with Crippen molar-refractivity contribution in [2.75, 3.05) is 0 Å². The number of rotatable bonds is 9. The van der Waals surface area contributed by atoms with E-state index in [1.807, 2.05) is 13.0 Å². The molecule has 0 spiro atoms. The van der Waals surface area contributed by atoms with Gasteiger partial charge in [0.05, 0.1) is 5.56 Å². The maximum absolute atomic E-state index is 12.3. The first-order valence-electron chi connectivity index (χ1n) is 9.71. The minimum absolute atomic E-state index is 0.330. The van der Waals surface area contributed by atoms with E-state index >= 15 is 0 Å². The highest BCUT2D eigenvalue weighted by Gasteiger charge is 2.24. The van der Waals surface area contributed by atoms with Crippen LogP contribution in [0, 0.1) is 6.92 Å². The van der Waals surface area contributed by atoms with Gasteiger partial charge in [0.25, 0.3) is 5.91 Å². The van der Waals surface area contributed by atoms with Crippen molar-refractivity contribution in [1.82, 2.24) is 4.57 Å². The Kier molecular flexibility index (Phi) is 6.51. The predicted molar refractivity (Wildman–Crippen MR) is 114 cm³/mol. The van der Waals surface area contributed by atoms with Gasteiger partial charge in [-0.2, -0.15) is 11.3 Å². The standard InChI is InChI=1S/C23H28N2OS/c1-3-4-6-11-20-22(19-13-15-27-16-19)21(23(24)26)17(2)25(20)14-12-18-9-7-5-8-10-18/h5,7-10,13,15-16H,3-4,6,11-12,14H2,1-2H3,(H2,24,26). The summed E-state index contributed by atoms with van der Waals surface area (Å²) in [7, 11) is 0. The molecule has 0 aliphatic heterocycles. The van der Waals surface area contributed by atoms with E-state index < -0.39 is 0 Å². The average Bonchev–Trinajstić information content (AvgIpc) is 3.28. The van der Waals surface area contributed by atoms with E-state index in [1.54, 1.807) is 11.3 Å². The number of unbranched alkanes of at least 4 members (excludes halogenated alkanes) is 2. The number of nitrogens with two attached hydrogens (primary N) is 1. The molecule has 3 nitrogen and oxygen atoms in total. The van der Waals surface area contributed by atoms with Crippen molar-refractivity contribution < 1.29 is 4.79 Å². The van der Waals surface area contributed by atoms with E-state index in [9.17, 15) is 4.79 Å². The molecule has 2 aromatic heterocycles. The van der Waals surface area contributed by atoms with Crippen LogP contribution in [-0.2, 0) is 19.4 Å². The van der Waals surface area contributed by atoms with E-state index in [-0.39, 0.29) is 5.91 Å². The molecule has 0 unspecified atom stereocenters. The number of nitrogens with zero attached hydrogens (tertiary/aromatic N) is 1. The summed E-state index contributed by atoms with van der Waals surface area (Å²) in [4.78, 5) is 12.3. The summed E-state index contributed by atoms with van der Waals surface area (Å²) in [5.74, 6) is -0.330. The van der Waals surface area contributed by atoms with Crippen LogP contribution in [0.1, 0.15) is 53.5 Å². The highest BCUT2D eigenvalue weighted by molar-refractivity contribution is 7.08. The number of carbonyl (C=O) groups excluding carboxylic acids is 1. The van der Waals surface area contributed by atoms with Crippen LogP contribution < -0.4 is 5.73 Å². The zero-order valence-corrected chi connectivity index (χ0v) is 17.0. The van der Waals surface area contributed by atoms with Gasteiger partial charge in [-0.3, -0.25) is 4.79 Å². The maximum Gasteiger partial charge on any atom is 0.251 e. The van der Waals surface area contributed by atoms with E-state index in [2.05, 4.69) is 52.6 Å². The Morgan fingerprint density at radius 1 is 1.11 bits per heavy atom. The first kappa shape index (κ1) is 19.4. The molecule has 2 heterocycles. The first-order chi connectivity index (χ1) is 13.1. The van der Waals surface area contributed by atoms with Crippen LogP contribution in [0.5, 0.6) is 0 Å². The number of hydrogen-bond acceptors (Lipinski definition) is 2. The highest BCUT2D eigenvalue weighted by Crippen LogP contribution is 2.35. The Morgan fingerprint density at radius 3 is 2.52 bits per heavy atom. The fraction of sp³-hybridized carbons (Fsp3) is 0.348. The molecule has 3 rings (SSSR count). The number of benzene rings is 1. The molecule has 27 heavy (non-hydrogen) atoms. The van der Waals surface area contributed by atoms with Crippen LogP contribution in [0.4, 0.5) is 0 Å². The van der Waals surface area contributed by atoms with Crippen molar-refractivity contribution in [3.05, 3.63) is 69.7 Å². The summed E-state index contributed by atoms with van der Waals surface area (Å²) in [6.07, 6.45) is 5.42. The number of aromatic nitrogens is 1. The van der Waals surface area contributed by atoms with Gasteiger partial charge in [0.1, 0.15) is 0 Å². The maximum atomic E-state index is 12.3.